The molecule has 140 valence electrons. The summed E-state index contributed by atoms with van der Waals surface area (Å²) in [4.78, 5) is 19.2. The average molecular weight is 354 g/mol. The first-order chi connectivity index (χ1) is 12.6. The van der Waals surface area contributed by atoms with Gasteiger partial charge in [0.2, 0.25) is 5.91 Å². The molecule has 0 spiro atoms. The van der Waals surface area contributed by atoms with E-state index in [1.165, 1.54) is 18.2 Å². The molecule has 26 heavy (non-hydrogen) atoms. The average Bonchev–Trinajstić information content (AvgIpc) is 3.09. The van der Waals surface area contributed by atoms with Crippen LogP contribution in [0, 0.1) is 5.92 Å². The van der Waals surface area contributed by atoms with E-state index in [9.17, 15) is 4.79 Å². The van der Waals surface area contributed by atoms with Gasteiger partial charge in [0, 0.05) is 23.6 Å². The summed E-state index contributed by atoms with van der Waals surface area (Å²) in [6.07, 6.45) is 7.78. The standard InChI is InChI=1S/C22H30N2O2/c1-15(2)13-17(18-14-23-19-8-4-3-7-16(18)19)22(25)24-11-12-26-21-10-6-5-9-20(21)24/h3-4,7-8,14-15,17,20-21,23H,5-6,9-13H2,1-2H3. The topological polar surface area (TPSA) is 45.3 Å². The lowest BCUT2D eigenvalue weighted by atomic mass is 9.85. The number of nitrogens with one attached hydrogen (secondary N) is 1. The molecule has 1 saturated heterocycles. The summed E-state index contributed by atoms with van der Waals surface area (Å²) in [6.45, 7) is 5.82. The van der Waals surface area contributed by atoms with Gasteiger partial charge in [-0.2, -0.15) is 0 Å². The molecule has 4 nitrogen and oxygen atoms in total. The van der Waals surface area contributed by atoms with E-state index >= 15 is 0 Å². The fourth-order valence-electron chi connectivity index (χ4n) is 4.78. The fourth-order valence-corrected chi connectivity index (χ4v) is 4.78. The third-order valence-electron chi connectivity index (χ3n) is 6.02. The van der Waals surface area contributed by atoms with Crippen LogP contribution in [-0.2, 0) is 9.53 Å². The second-order valence-electron chi connectivity index (χ2n) is 8.26. The van der Waals surface area contributed by atoms with Gasteiger partial charge in [-0.15, -0.1) is 0 Å². The van der Waals surface area contributed by atoms with Gasteiger partial charge in [-0.3, -0.25) is 4.79 Å². The molecule has 2 aromatic rings. The summed E-state index contributed by atoms with van der Waals surface area (Å²) in [5, 5.41) is 1.18. The van der Waals surface area contributed by atoms with Crippen LogP contribution in [0.1, 0.15) is 57.4 Å². The zero-order valence-corrected chi connectivity index (χ0v) is 15.9. The minimum absolute atomic E-state index is 0.0770. The van der Waals surface area contributed by atoms with Gasteiger partial charge in [0.25, 0.3) is 0 Å². The van der Waals surface area contributed by atoms with Gasteiger partial charge >= 0.3 is 0 Å². The molecule has 0 bridgehead atoms. The maximum Gasteiger partial charge on any atom is 0.230 e. The van der Waals surface area contributed by atoms with E-state index in [4.69, 9.17) is 4.74 Å². The summed E-state index contributed by atoms with van der Waals surface area (Å²) < 4.78 is 5.98. The lowest BCUT2D eigenvalue weighted by Crippen LogP contribution is -2.56. The van der Waals surface area contributed by atoms with Crippen LogP contribution in [0.15, 0.2) is 30.5 Å². The van der Waals surface area contributed by atoms with Crippen molar-refractivity contribution < 1.29 is 9.53 Å². The number of nitrogens with zero attached hydrogens (tertiary/aromatic N) is 1. The second-order valence-corrected chi connectivity index (χ2v) is 8.26. The minimum Gasteiger partial charge on any atom is -0.374 e. The second kappa shape index (κ2) is 7.43. The zero-order valence-electron chi connectivity index (χ0n) is 15.9. The van der Waals surface area contributed by atoms with Crippen LogP contribution < -0.4 is 0 Å². The zero-order chi connectivity index (χ0) is 18.1. The number of rotatable bonds is 4. The van der Waals surface area contributed by atoms with Crippen LogP contribution >= 0.6 is 0 Å². The Balaban J connectivity index is 1.66. The summed E-state index contributed by atoms with van der Waals surface area (Å²) in [5.74, 6) is 0.691. The maximum atomic E-state index is 13.7. The predicted molar refractivity (Wildman–Crippen MR) is 104 cm³/mol. The summed E-state index contributed by atoms with van der Waals surface area (Å²) in [6, 6.07) is 8.58. The monoisotopic (exact) mass is 354 g/mol. The molecule has 2 heterocycles. The van der Waals surface area contributed by atoms with Gasteiger partial charge in [0.15, 0.2) is 0 Å². The Bertz CT molecular complexity index is 764. The smallest absolute Gasteiger partial charge is 0.230 e. The van der Waals surface area contributed by atoms with Crippen molar-refractivity contribution in [3.8, 4) is 0 Å². The number of aromatic amines is 1. The van der Waals surface area contributed by atoms with Crippen molar-refractivity contribution >= 4 is 16.8 Å². The van der Waals surface area contributed by atoms with Crippen molar-refractivity contribution in [1.82, 2.24) is 9.88 Å². The number of aromatic nitrogens is 1. The highest BCUT2D eigenvalue weighted by Gasteiger charge is 2.39. The number of para-hydroxylation sites is 1. The Kier molecular flexibility index (Phi) is 5.03. The van der Waals surface area contributed by atoms with Crippen LogP contribution in [0.4, 0.5) is 0 Å². The quantitative estimate of drug-likeness (QED) is 0.880. The molecule has 3 unspecified atom stereocenters. The van der Waals surface area contributed by atoms with E-state index in [0.717, 1.165) is 36.9 Å². The van der Waals surface area contributed by atoms with Crippen molar-refractivity contribution in [2.45, 2.75) is 64.0 Å². The van der Waals surface area contributed by atoms with Crippen molar-refractivity contribution in [1.29, 1.82) is 0 Å². The molecule has 1 N–H and O–H groups in total. The predicted octanol–water partition coefficient (Wildman–Crippen LogP) is 4.47. The highest BCUT2D eigenvalue weighted by molar-refractivity contribution is 5.92. The van der Waals surface area contributed by atoms with E-state index in [1.807, 2.05) is 6.07 Å². The van der Waals surface area contributed by atoms with Crippen molar-refractivity contribution in [2.24, 2.45) is 5.92 Å². The van der Waals surface area contributed by atoms with E-state index < -0.39 is 0 Å². The molecule has 4 rings (SSSR count). The summed E-state index contributed by atoms with van der Waals surface area (Å²) >= 11 is 0. The molecule has 2 fully saturated rings. The molecule has 1 amide bonds. The molecular formula is C22H30N2O2. The van der Waals surface area contributed by atoms with Gasteiger partial charge in [-0.25, -0.2) is 0 Å². The van der Waals surface area contributed by atoms with Crippen LogP contribution in [0.25, 0.3) is 10.9 Å². The van der Waals surface area contributed by atoms with Crippen molar-refractivity contribution in [3.05, 3.63) is 36.0 Å². The van der Waals surface area contributed by atoms with Crippen LogP contribution in [-0.4, -0.2) is 41.1 Å². The molecular weight excluding hydrogens is 324 g/mol. The number of carbonyl (C=O) groups excluding carboxylic acids is 1. The fraction of sp³-hybridized carbons (Fsp3) is 0.591. The summed E-state index contributed by atoms with van der Waals surface area (Å²) in [5.41, 5.74) is 2.26. The Morgan fingerprint density at radius 3 is 2.92 bits per heavy atom. The third-order valence-corrected chi connectivity index (χ3v) is 6.02. The number of amides is 1. The van der Waals surface area contributed by atoms with E-state index in [2.05, 4.69) is 48.1 Å². The van der Waals surface area contributed by atoms with Gasteiger partial charge in [0.05, 0.1) is 24.7 Å². The molecule has 1 aromatic heterocycles. The van der Waals surface area contributed by atoms with Crippen LogP contribution in [0.3, 0.4) is 0 Å². The normalized spacial score (nSPS) is 24.7. The Labute approximate surface area is 155 Å². The van der Waals surface area contributed by atoms with Gasteiger partial charge in [0.1, 0.15) is 0 Å². The Morgan fingerprint density at radius 2 is 2.08 bits per heavy atom. The first-order valence-electron chi connectivity index (χ1n) is 10.1. The lowest BCUT2D eigenvalue weighted by molar-refractivity contribution is -0.151. The molecule has 1 aliphatic carbocycles. The number of H-pyrrole nitrogens is 1. The lowest BCUT2D eigenvalue weighted by Gasteiger charge is -2.45. The number of carbonyl (C=O) groups is 1. The first kappa shape index (κ1) is 17.6. The highest BCUT2D eigenvalue weighted by atomic mass is 16.5. The number of hydrogen-bond acceptors (Lipinski definition) is 2. The van der Waals surface area contributed by atoms with E-state index in [-0.39, 0.29) is 18.1 Å². The number of ether oxygens (including phenoxy) is 1. The van der Waals surface area contributed by atoms with Crippen molar-refractivity contribution in [3.63, 3.8) is 0 Å². The molecule has 1 aliphatic heterocycles. The first-order valence-corrected chi connectivity index (χ1v) is 10.1. The molecule has 1 aromatic carbocycles. The number of benzene rings is 1. The van der Waals surface area contributed by atoms with Gasteiger partial charge < -0.3 is 14.6 Å². The maximum absolute atomic E-state index is 13.7. The molecule has 2 aliphatic rings. The highest BCUT2D eigenvalue weighted by Crippen LogP contribution is 2.35. The molecule has 1 saturated carbocycles. The van der Waals surface area contributed by atoms with Crippen LogP contribution in [0.5, 0.6) is 0 Å². The minimum atomic E-state index is -0.0770. The van der Waals surface area contributed by atoms with Gasteiger partial charge in [-0.05, 0) is 36.8 Å². The van der Waals surface area contributed by atoms with E-state index in [0.29, 0.717) is 18.4 Å². The third kappa shape index (κ3) is 3.27. The number of fused-ring (bicyclic) bond motifs is 2. The Hall–Kier alpha value is -1.81. The SMILES string of the molecule is CC(C)CC(C(=O)N1CCOC2CCCCC21)c1c[nH]c2ccccc12. The van der Waals surface area contributed by atoms with Crippen molar-refractivity contribution in [2.75, 3.05) is 13.2 Å². The Morgan fingerprint density at radius 1 is 1.27 bits per heavy atom. The van der Waals surface area contributed by atoms with Gasteiger partial charge in [-0.1, -0.05) is 44.9 Å². The number of morpholine rings is 1. The van der Waals surface area contributed by atoms with E-state index in [1.54, 1.807) is 0 Å². The molecule has 0 radical (unpaired) electrons. The number of hydrogen-bond donors (Lipinski definition) is 1. The summed E-state index contributed by atoms with van der Waals surface area (Å²) in [7, 11) is 0. The molecule has 3 atom stereocenters. The van der Waals surface area contributed by atoms with Crippen LogP contribution in [0.2, 0.25) is 0 Å². The molecule has 4 heteroatoms. The largest absolute Gasteiger partial charge is 0.374 e.